The Morgan fingerprint density at radius 1 is 0.159 bits per heavy atom. The van der Waals surface area contributed by atoms with Gasteiger partial charge in [0.05, 0.1) is 90.0 Å². The van der Waals surface area contributed by atoms with Crippen LogP contribution in [0, 0.1) is 0 Å². The molecule has 7 heteroatoms. The highest BCUT2D eigenvalue weighted by Crippen LogP contribution is 2.53. The molecule has 0 unspecified atom stereocenters. The fourth-order valence-corrected chi connectivity index (χ4v) is 20.1. The van der Waals surface area contributed by atoms with Crippen molar-refractivity contribution < 1.29 is 0 Å². The van der Waals surface area contributed by atoms with Crippen molar-refractivity contribution in [1.29, 1.82) is 0 Å². The smallest absolute Gasteiger partial charge is 0.0737 e. The molecule has 24 aromatic rings. The second-order valence-corrected chi connectivity index (χ2v) is 34.8. The van der Waals surface area contributed by atoms with Crippen molar-refractivity contribution in [2.75, 3.05) is 0 Å². The fourth-order valence-electron chi connectivity index (χ4n) is 20.1. The first kappa shape index (κ1) is 78.2. The second-order valence-electron chi connectivity index (χ2n) is 34.8. The van der Waals surface area contributed by atoms with Gasteiger partial charge in [-0.05, 0) is 189 Å². The van der Waals surface area contributed by atoms with Crippen LogP contribution in [0.2, 0.25) is 0 Å². The maximum absolute atomic E-state index is 5.58. The van der Waals surface area contributed by atoms with Crippen LogP contribution in [-0.2, 0) is 5.41 Å². The topological polar surface area (TPSA) is 66.3 Å². The molecule has 7 aromatic heterocycles. The van der Waals surface area contributed by atoms with Crippen molar-refractivity contribution in [2.45, 2.75) is 19.3 Å². The lowest BCUT2D eigenvalue weighted by molar-refractivity contribution is 0.661. The molecule has 132 heavy (non-hydrogen) atoms. The van der Waals surface area contributed by atoms with Gasteiger partial charge in [0, 0.05) is 93.5 Å². The number of rotatable bonds is 15. The minimum atomic E-state index is -0.118. The predicted octanol–water partition coefficient (Wildman–Crippen LogP) is 32.6. The molecule has 0 radical (unpaired) electrons. The van der Waals surface area contributed by atoms with Crippen molar-refractivity contribution in [3.63, 3.8) is 0 Å². The summed E-state index contributed by atoms with van der Waals surface area (Å²) in [7, 11) is 0. The first-order valence-corrected chi connectivity index (χ1v) is 45.2. The van der Waals surface area contributed by atoms with Gasteiger partial charge >= 0.3 is 0 Å². The summed E-state index contributed by atoms with van der Waals surface area (Å²) in [5.41, 5.74) is 40.1. The van der Waals surface area contributed by atoms with Crippen molar-refractivity contribution in [3.05, 3.63) is 490 Å². The molecule has 0 aliphatic heterocycles. The van der Waals surface area contributed by atoms with Crippen LogP contribution in [0.25, 0.3) is 228 Å². The molecule has 7 heterocycles. The largest absolute Gasteiger partial charge is 0.309 e. The number of fused-ring (bicyclic) bond motifs is 12. The Kier molecular flexibility index (Phi) is 19.5. The molecule has 1 aliphatic rings. The number of hydrogen-bond acceptors (Lipinski definition) is 4. The van der Waals surface area contributed by atoms with Gasteiger partial charge in [0.1, 0.15) is 0 Å². The highest BCUT2D eigenvalue weighted by molar-refractivity contribution is 6.20. The zero-order chi connectivity index (χ0) is 87.7. The lowest BCUT2D eigenvalue weighted by Crippen LogP contribution is -2.14. The zero-order valence-electron chi connectivity index (χ0n) is 72.7. The molecule has 0 fully saturated rings. The molecule has 25 rings (SSSR count). The van der Waals surface area contributed by atoms with E-state index in [1.54, 1.807) is 0 Å². The normalized spacial score (nSPS) is 12.1. The summed E-state index contributed by atoms with van der Waals surface area (Å²) >= 11 is 0. The molecule has 17 aromatic carbocycles. The van der Waals surface area contributed by atoms with E-state index < -0.39 is 0 Å². The maximum Gasteiger partial charge on any atom is 0.0737 e. The number of pyridine rings is 4. The third kappa shape index (κ3) is 14.0. The van der Waals surface area contributed by atoms with Crippen molar-refractivity contribution in [2.24, 2.45) is 0 Å². The van der Waals surface area contributed by atoms with E-state index in [0.717, 1.165) is 168 Å². The molecule has 1 aliphatic carbocycles. The molecule has 0 bridgehead atoms. The van der Waals surface area contributed by atoms with Crippen molar-refractivity contribution in [3.8, 4) is 163 Å². The van der Waals surface area contributed by atoms with Crippen LogP contribution in [0.15, 0.2) is 479 Å². The number of benzene rings is 17. The lowest BCUT2D eigenvalue weighted by Gasteiger charge is -2.21. The van der Waals surface area contributed by atoms with E-state index in [4.69, 9.17) is 19.9 Å². The summed E-state index contributed by atoms with van der Waals surface area (Å²) in [5, 5.41) is 7.29. The summed E-state index contributed by atoms with van der Waals surface area (Å²) in [6.45, 7) is 4.72. The Labute approximate surface area is 766 Å². The first-order valence-electron chi connectivity index (χ1n) is 45.2. The fraction of sp³-hybridized carbons (Fsp3) is 0.0240. The Bertz CT molecular complexity index is 8310. The second kappa shape index (κ2) is 32.9. The molecule has 0 saturated carbocycles. The van der Waals surface area contributed by atoms with Gasteiger partial charge in [-0.25, -0.2) is 19.9 Å². The number of aromatic nitrogens is 7. The molecule has 0 saturated heterocycles. The quantitative estimate of drug-likeness (QED) is 0.103. The Morgan fingerprint density at radius 2 is 0.447 bits per heavy atom. The predicted molar refractivity (Wildman–Crippen MR) is 550 cm³/mol. The number of para-hydroxylation sites is 4. The van der Waals surface area contributed by atoms with Crippen LogP contribution in [-0.4, -0.2) is 33.6 Å². The standard InChI is InChI=1S/C64H42N4.C61H43N3/c1-6-20-43(21-7-1)56-37-48(38-57(65-56)44-22-8-2-9-23-44)47-34-35-62(53(36-47)49-39-58(45-24-10-3-11-25-45)66-59(40-49)46-26-12-4-13-27-46)68-61-33-19-17-31-52(61)55-41-63-54(42-64(55)68)51-30-16-18-32-60(51)67(63)50-28-14-5-15-29-50;1-61(2)52-29-17-15-27-47(52)49-39-60-50(38-53(49)61)48-28-16-18-30-58(48)64(60)59-32-31-44(46-35-54(41-21-9-4-10-22-41)62-55(36-46)42-23-11-5-12-24-42)33-51(59)57-37-45(40-19-7-3-8-20-40)34-56(63-57)43-25-13-6-14-26-43/h1-42H;3-39H,1-2H3. The van der Waals surface area contributed by atoms with Gasteiger partial charge in [0.15, 0.2) is 0 Å². The monoisotopic (exact) mass is 1680 g/mol. The first-order chi connectivity index (χ1) is 65.2. The molecule has 0 spiro atoms. The van der Waals surface area contributed by atoms with Crippen molar-refractivity contribution >= 4 is 65.4 Å². The molecular formula is C125H85N7. The highest BCUT2D eigenvalue weighted by atomic mass is 15.0. The molecule has 0 amide bonds. The Hall–Kier alpha value is -17.3. The molecule has 0 atom stereocenters. The summed E-state index contributed by atoms with van der Waals surface area (Å²) in [4.78, 5) is 21.4. The van der Waals surface area contributed by atoms with Gasteiger partial charge in [-0.3, -0.25) is 0 Å². The Balaban J connectivity index is 0.000000146. The Morgan fingerprint density at radius 3 is 0.856 bits per heavy atom. The SMILES string of the molecule is CC1(C)c2ccccc2-c2cc3c(cc21)c1ccccc1n3-c1ccc(-c2cc(-c3ccccc3)nc(-c3ccccc3)c2)cc1-c1cc(-c2ccccc2)cc(-c2ccccc2)n1.c1ccc(-c2cc(-c3ccc(-n4c5ccccc5c5cc6c(cc54)c4ccccc4n6-c4ccccc4)c(-c4cc(-c5ccccc5)nc(-c5ccccc5)c4)c3)cc(-c3ccccc3)n2)cc1. The summed E-state index contributed by atoms with van der Waals surface area (Å²) in [6.07, 6.45) is 0. The van der Waals surface area contributed by atoms with E-state index >= 15 is 0 Å². The minimum Gasteiger partial charge on any atom is -0.309 e. The molecular weight excluding hydrogens is 1600 g/mol. The van der Waals surface area contributed by atoms with Gasteiger partial charge in [-0.2, -0.15) is 0 Å². The van der Waals surface area contributed by atoms with E-state index in [0.29, 0.717) is 0 Å². The van der Waals surface area contributed by atoms with Gasteiger partial charge in [-0.1, -0.05) is 366 Å². The third-order valence-corrected chi connectivity index (χ3v) is 26.5. The average Bonchev–Trinajstić information content (AvgIpc) is 1.55. The minimum absolute atomic E-state index is 0.118. The molecule has 620 valence electrons. The van der Waals surface area contributed by atoms with E-state index in [1.165, 1.54) is 71.1 Å². The third-order valence-electron chi connectivity index (χ3n) is 26.5. The summed E-state index contributed by atoms with van der Waals surface area (Å²) in [5.74, 6) is 0. The van der Waals surface area contributed by atoms with Crippen LogP contribution in [0.1, 0.15) is 25.0 Å². The zero-order valence-corrected chi connectivity index (χ0v) is 72.7. The number of hydrogen-bond donors (Lipinski definition) is 0. The van der Waals surface area contributed by atoms with E-state index in [-0.39, 0.29) is 5.41 Å². The van der Waals surface area contributed by atoms with Gasteiger partial charge in [-0.15, -0.1) is 0 Å². The van der Waals surface area contributed by atoms with Crippen LogP contribution < -0.4 is 0 Å². The van der Waals surface area contributed by atoms with E-state index in [2.05, 4.69) is 507 Å². The highest BCUT2D eigenvalue weighted by Gasteiger charge is 2.37. The lowest BCUT2D eigenvalue weighted by atomic mass is 9.82. The van der Waals surface area contributed by atoms with Gasteiger partial charge in [0.2, 0.25) is 0 Å². The maximum atomic E-state index is 5.58. The van der Waals surface area contributed by atoms with Crippen LogP contribution in [0.5, 0.6) is 0 Å². The average molecular weight is 1690 g/mol. The summed E-state index contributed by atoms with van der Waals surface area (Å²) in [6, 6.07) is 172. The van der Waals surface area contributed by atoms with Crippen LogP contribution in [0.3, 0.4) is 0 Å². The van der Waals surface area contributed by atoms with E-state index in [1.807, 2.05) is 0 Å². The van der Waals surface area contributed by atoms with Crippen LogP contribution in [0.4, 0.5) is 0 Å². The van der Waals surface area contributed by atoms with Gasteiger partial charge < -0.3 is 13.7 Å². The van der Waals surface area contributed by atoms with Crippen LogP contribution >= 0.6 is 0 Å². The van der Waals surface area contributed by atoms with Crippen molar-refractivity contribution in [1.82, 2.24) is 33.6 Å². The summed E-state index contributed by atoms with van der Waals surface area (Å²) < 4.78 is 7.38. The number of nitrogens with zero attached hydrogens (tertiary/aromatic N) is 7. The van der Waals surface area contributed by atoms with E-state index in [9.17, 15) is 0 Å². The molecule has 0 N–H and O–H groups in total. The van der Waals surface area contributed by atoms with Gasteiger partial charge in [0.25, 0.3) is 0 Å². The molecule has 7 nitrogen and oxygen atoms in total.